The van der Waals surface area contributed by atoms with Gasteiger partial charge in [-0.2, -0.15) is 0 Å². The Balaban J connectivity index is 4.11. The van der Waals surface area contributed by atoms with Gasteiger partial charge in [-0.05, 0) is 12.8 Å². The van der Waals surface area contributed by atoms with Crippen molar-refractivity contribution < 1.29 is 9.53 Å². The summed E-state index contributed by atoms with van der Waals surface area (Å²) in [5.41, 5.74) is 4.89. The predicted octanol–water partition coefficient (Wildman–Crippen LogP) is 1.93. The molecule has 70 valence electrons. The molecule has 0 aliphatic carbocycles. The Kier molecular flexibility index (Phi) is 4.40. The predicted molar refractivity (Wildman–Crippen MR) is 48.7 cm³/mol. The molecule has 1 amide bonds. The number of amides is 1. The highest BCUT2D eigenvalue weighted by Crippen LogP contribution is 2.18. The van der Waals surface area contributed by atoms with Crippen molar-refractivity contribution in [3.8, 4) is 0 Å². The Bertz CT molecular complexity index is 166. The Morgan fingerprint density at radius 3 is 2.25 bits per heavy atom. The van der Waals surface area contributed by atoms with E-state index in [9.17, 15) is 4.79 Å². The fourth-order valence-corrected chi connectivity index (χ4v) is 1.27. The molecule has 0 aromatic heterocycles. The van der Waals surface area contributed by atoms with Gasteiger partial charge in [0.05, 0.1) is 0 Å². The molecule has 0 heterocycles. The van der Waals surface area contributed by atoms with Crippen LogP contribution in [0.1, 0.15) is 20.8 Å². The second-order valence-electron chi connectivity index (χ2n) is 3.20. The van der Waals surface area contributed by atoms with Gasteiger partial charge in [0, 0.05) is 5.92 Å². The van der Waals surface area contributed by atoms with Gasteiger partial charge in [-0.3, -0.25) is 0 Å². The number of rotatable bonds is 4. The van der Waals surface area contributed by atoms with Crippen LogP contribution in [0.2, 0.25) is 0 Å². The zero-order valence-corrected chi connectivity index (χ0v) is 7.91. The lowest BCUT2D eigenvalue weighted by Gasteiger charge is -2.23. The van der Waals surface area contributed by atoms with Gasteiger partial charge >= 0.3 is 6.09 Å². The van der Waals surface area contributed by atoms with Crippen LogP contribution >= 0.6 is 0 Å². The number of primary amides is 1. The summed E-state index contributed by atoms with van der Waals surface area (Å²) < 4.78 is 4.83. The standard InChI is InChI=1S/C9H17NO2/c1-5-8(6(2)3)7(4)12-9(10)11/h5-8H,1H2,2-4H3,(H2,10,11). The first-order valence-corrected chi connectivity index (χ1v) is 4.07. The van der Waals surface area contributed by atoms with Gasteiger partial charge in [-0.15, -0.1) is 6.58 Å². The van der Waals surface area contributed by atoms with Gasteiger partial charge in [0.25, 0.3) is 0 Å². The highest BCUT2D eigenvalue weighted by atomic mass is 16.6. The van der Waals surface area contributed by atoms with Gasteiger partial charge in [-0.1, -0.05) is 19.9 Å². The second kappa shape index (κ2) is 4.80. The van der Waals surface area contributed by atoms with E-state index in [0.29, 0.717) is 5.92 Å². The molecule has 0 saturated heterocycles. The summed E-state index contributed by atoms with van der Waals surface area (Å²) in [7, 11) is 0. The molecule has 0 bridgehead atoms. The van der Waals surface area contributed by atoms with Crippen molar-refractivity contribution in [2.45, 2.75) is 26.9 Å². The van der Waals surface area contributed by atoms with Crippen molar-refractivity contribution in [2.75, 3.05) is 0 Å². The van der Waals surface area contributed by atoms with Crippen LogP contribution in [0.4, 0.5) is 4.79 Å². The minimum Gasteiger partial charge on any atom is -0.446 e. The fraction of sp³-hybridized carbons (Fsp3) is 0.667. The number of carbonyl (C=O) groups excluding carboxylic acids is 1. The van der Waals surface area contributed by atoms with Gasteiger partial charge in [0.1, 0.15) is 6.10 Å². The molecule has 2 N–H and O–H groups in total. The Morgan fingerprint density at radius 2 is 2.00 bits per heavy atom. The number of nitrogens with two attached hydrogens (primary N) is 1. The first-order chi connectivity index (χ1) is 5.49. The third-order valence-corrected chi connectivity index (χ3v) is 1.89. The van der Waals surface area contributed by atoms with E-state index in [0.717, 1.165) is 0 Å². The topological polar surface area (TPSA) is 52.3 Å². The zero-order chi connectivity index (χ0) is 9.72. The van der Waals surface area contributed by atoms with Crippen LogP contribution in [0.5, 0.6) is 0 Å². The fourth-order valence-electron chi connectivity index (χ4n) is 1.27. The van der Waals surface area contributed by atoms with E-state index >= 15 is 0 Å². The Morgan fingerprint density at radius 1 is 1.50 bits per heavy atom. The van der Waals surface area contributed by atoms with Gasteiger partial charge in [0.15, 0.2) is 0 Å². The van der Waals surface area contributed by atoms with Gasteiger partial charge < -0.3 is 10.5 Å². The van der Waals surface area contributed by atoms with Crippen molar-refractivity contribution in [3.05, 3.63) is 12.7 Å². The lowest BCUT2D eigenvalue weighted by atomic mass is 9.91. The van der Waals surface area contributed by atoms with E-state index in [4.69, 9.17) is 10.5 Å². The summed E-state index contributed by atoms with van der Waals surface area (Å²) in [5, 5.41) is 0. The molecule has 0 aromatic carbocycles. The SMILES string of the molecule is C=CC(C(C)C)C(C)OC(N)=O. The molecule has 0 rings (SSSR count). The molecule has 0 aliphatic rings. The second-order valence-corrected chi connectivity index (χ2v) is 3.20. The summed E-state index contributed by atoms with van der Waals surface area (Å²) in [5.74, 6) is 0.564. The van der Waals surface area contributed by atoms with E-state index in [1.807, 2.05) is 20.8 Å². The molecule has 2 atom stereocenters. The van der Waals surface area contributed by atoms with E-state index < -0.39 is 6.09 Å². The van der Waals surface area contributed by atoms with Crippen molar-refractivity contribution >= 4 is 6.09 Å². The van der Waals surface area contributed by atoms with E-state index in [1.165, 1.54) is 0 Å². The molecule has 0 aliphatic heterocycles. The maximum absolute atomic E-state index is 10.4. The molecule has 3 nitrogen and oxygen atoms in total. The summed E-state index contributed by atoms with van der Waals surface area (Å²) >= 11 is 0. The van der Waals surface area contributed by atoms with Gasteiger partial charge in [-0.25, -0.2) is 4.79 Å². The van der Waals surface area contributed by atoms with Crippen LogP contribution < -0.4 is 5.73 Å². The molecule has 2 unspecified atom stereocenters. The molecule has 0 radical (unpaired) electrons. The smallest absolute Gasteiger partial charge is 0.404 e. The first kappa shape index (κ1) is 11.0. The average Bonchev–Trinajstić information content (AvgIpc) is 1.85. The lowest BCUT2D eigenvalue weighted by Crippen LogP contribution is -2.28. The maximum atomic E-state index is 10.4. The third-order valence-electron chi connectivity index (χ3n) is 1.89. The first-order valence-electron chi connectivity index (χ1n) is 4.07. The molecular weight excluding hydrogens is 154 g/mol. The molecule has 0 fully saturated rings. The summed E-state index contributed by atoms with van der Waals surface area (Å²) in [6.07, 6.45) is 0.869. The van der Waals surface area contributed by atoms with Crippen LogP contribution in [0, 0.1) is 11.8 Å². The summed E-state index contributed by atoms with van der Waals surface area (Å²) in [6.45, 7) is 9.59. The monoisotopic (exact) mass is 171 g/mol. The molecule has 3 heteroatoms. The van der Waals surface area contributed by atoms with Crippen LogP contribution in [0.25, 0.3) is 0 Å². The molecule has 12 heavy (non-hydrogen) atoms. The minimum atomic E-state index is -0.727. The van der Waals surface area contributed by atoms with Crippen molar-refractivity contribution in [2.24, 2.45) is 17.6 Å². The van der Waals surface area contributed by atoms with Crippen LogP contribution in [0.15, 0.2) is 12.7 Å². The minimum absolute atomic E-state index is 0.164. The Labute approximate surface area is 73.6 Å². The summed E-state index contributed by atoms with van der Waals surface area (Å²) in [6, 6.07) is 0. The van der Waals surface area contributed by atoms with Crippen molar-refractivity contribution in [1.29, 1.82) is 0 Å². The highest BCUT2D eigenvalue weighted by molar-refractivity contribution is 5.64. The number of carbonyl (C=O) groups is 1. The highest BCUT2D eigenvalue weighted by Gasteiger charge is 2.19. The molecular formula is C9H17NO2. The van der Waals surface area contributed by atoms with E-state index in [2.05, 4.69) is 6.58 Å². The maximum Gasteiger partial charge on any atom is 0.404 e. The quantitative estimate of drug-likeness (QED) is 0.657. The number of hydrogen-bond donors (Lipinski definition) is 1. The normalized spacial score (nSPS) is 15.3. The molecule has 0 aromatic rings. The third kappa shape index (κ3) is 3.42. The van der Waals surface area contributed by atoms with Crippen LogP contribution in [-0.2, 0) is 4.74 Å². The zero-order valence-electron chi connectivity index (χ0n) is 7.91. The lowest BCUT2D eigenvalue weighted by molar-refractivity contribution is 0.0802. The molecule has 0 saturated carbocycles. The van der Waals surface area contributed by atoms with E-state index in [-0.39, 0.29) is 12.0 Å². The van der Waals surface area contributed by atoms with Crippen molar-refractivity contribution in [3.63, 3.8) is 0 Å². The average molecular weight is 171 g/mol. The Hall–Kier alpha value is -0.990. The van der Waals surface area contributed by atoms with E-state index in [1.54, 1.807) is 6.08 Å². The number of ether oxygens (including phenoxy) is 1. The number of hydrogen-bond acceptors (Lipinski definition) is 2. The van der Waals surface area contributed by atoms with Crippen molar-refractivity contribution in [1.82, 2.24) is 0 Å². The van der Waals surface area contributed by atoms with Crippen LogP contribution in [-0.4, -0.2) is 12.2 Å². The summed E-state index contributed by atoms with van der Waals surface area (Å²) in [4.78, 5) is 10.4. The van der Waals surface area contributed by atoms with Crippen LogP contribution in [0.3, 0.4) is 0 Å². The van der Waals surface area contributed by atoms with Gasteiger partial charge in [0.2, 0.25) is 0 Å². The largest absolute Gasteiger partial charge is 0.446 e. The molecule has 0 spiro atoms.